The fraction of sp³-hybridized carbons (Fsp3) is 0.545. The van der Waals surface area contributed by atoms with Gasteiger partial charge in [0.1, 0.15) is 0 Å². The first-order chi connectivity index (χ1) is 7.36. The van der Waals surface area contributed by atoms with Gasteiger partial charge in [-0.2, -0.15) is 0 Å². The molecule has 0 spiro atoms. The lowest BCUT2D eigenvalue weighted by Crippen LogP contribution is -2.52. The van der Waals surface area contributed by atoms with E-state index in [2.05, 4.69) is 15.2 Å². The molecule has 3 rings (SSSR count). The van der Waals surface area contributed by atoms with E-state index in [9.17, 15) is 4.39 Å². The lowest BCUT2D eigenvalue weighted by molar-refractivity contribution is 0.475. The molecule has 15 heavy (non-hydrogen) atoms. The molecule has 0 radical (unpaired) electrons. The topological polar surface area (TPSA) is 28.2 Å². The van der Waals surface area contributed by atoms with Gasteiger partial charge in [-0.1, -0.05) is 0 Å². The van der Waals surface area contributed by atoms with E-state index < -0.39 is 0 Å². The first-order valence-electron chi connectivity index (χ1n) is 5.45. The van der Waals surface area contributed by atoms with Crippen LogP contribution in [0.2, 0.25) is 0 Å². The molecule has 4 heteroatoms. The molecule has 80 valence electrons. The number of halogens is 1. The van der Waals surface area contributed by atoms with Gasteiger partial charge in [-0.3, -0.25) is 4.98 Å². The Morgan fingerprint density at radius 2 is 2.07 bits per heavy atom. The highest BCUT2D eigenvalue weighted by Gasteiger charge is 2.37. The van der Waals surface area contributed by atoms with Crippen LogP contribution in [0.4, 0.5) is 10.1 Å². The highest BCUT2D eigenvalue weighted by Crippen LogP contribution is 2.33. The predicted molar refractivity (Wildman–Crippen MR) is 56.4 cm³/mol. The lowest BCUT2D eigenvalue weighted by atomic mass is 10.2. The van der Waals surface area contributed by atoms with E-state index in [0.29, 0.717) is 12.1 Å². The number of fused-ring (bicyclic) bond motifs is 2. The molecule has 0 amide bonds. The van der Waals surface area contributed by atoms with Crippen LogP contribution >= 0.6 is 0 Å². The Labute approximate surface area is 88.3 Å². The Hall–Kier alpha value is -1.16. The summed E-state index contributed by atoms with van der Waals surface area (Å²) in [4.78, 5) is 6.02. The summed E-state index contributed by atoms with van der Waals surface area (Å²) >= 11 is 0. The third kappa shape index (κ3) is 1.40. The Morgan fingerprint density at radius 1 is 1.33 bits per heavy atom. The quantitative estimate of drug-likeness (QED) is 0.749. The van der Waals surface area contributed by atoms with E-state index in [1.54, 1.807) is 12.3 Å². The second kappa shape index (κ2) is 3.45. The summed E-state index contributed by atoms with van der Waals surface area (Å²) < 4.78 is 13.6. The van der Waals surface area contributed by atoms with E-state index in [4.69, 9.17) is 0 Å². The van der Waals surface area contributed by atoms with E-state index >= 15 is 0 Å². The maximum atomic E-state index is 13.6. The molecule has 1 aromatic rings. The number of piperazine rings is 1. The van der Waals surface area contributed by atoms with Gasteiger partial charge in [-0.25, -0.2) is 4.39 Å². The van der Waals surface area contributed by atoms with Crippen molar-refractivity contribution in [3.05, 3.63) is 24.3 Å². The Bertz CT molecular complexity index is 353. The summed E-state index contributed by atoms with van der Waals surface area (Å²) in [5.74, 6) is -0.198. The Balaban J connectivity index is 1.97. The molecule has 0 saturated carbocycles. The predicted octanol–water partition coefficient (Wildman–Crippen LogP) is 1.16. The van der Waals surface area contributed by atoms with Crippen molar-refractivity contribution in [2.75, 3.05) is 18.0 Å². The number of rotatable bonds is 1. The molecule has 2 aliphatic rings. The molecule has 3 heterocycles. The third-order valence-electron chi connectivity index (χ3n) is 3.41. The minimum atomic E-state index is -0.198. The Morgan fingerprint density at radius 3 is 2.73 bits per heavy atom. The summed E-state index contributed by atoms with van der Waals surface area (Å²) in [6.07, 6.45) is 5.30. The SMILES string of the molecule is Fc1cnccc1N1[C@@H]2CC[C@H]1CNC2. The van der Waals surface area contributed by atoms with Crippen molar-refractivity contribution in [3.8, 4) is 0 Å². The van der Waals surface area contributed by atoms with Crippen LogP contribution in [0.25, 0.3) is 0 Å². The normalized spacial score (nSPS) is 29.5. The van der Waals surface area contributed by atoms with Gasteiger partial charge in [0.25, 0.3) is 0 Å². The molecule has 2 fully saturated rings. The van der Waals surface area contributed by atoms with Gasteiger partial charge in [-0.05, 0) is 18.9 Å². The van der Waals surface area contributed by atoms with Crippen molar-refractivity contribution in [1.82, 2.24) is 10.3 Å². The van der Waals surface area contributed by atoms with Gasteiger partial charge >= 0.3 is 0 Å². The maximum Gasteiger partial charge on any atom is 0.164 e. The van der Waals surface area contributed by atoms with E-state index in [-0.39, 0.29) is 5.82 Å². The summed E-state index contributed by atoms with van der Waals surface area (Å²) in [6, 6.07) is 2.70. The summed E-state index contributed by atoms with van der Waals surface area (Å²) in [6.45, 7) is 1.94. The monoisotopic (exact) mass is 207 g/mol. The van der Waals surface area contributed by atoms with Crippen molar-refractivity contribution in [3.63, 3.8) is 0 Å². The number of pyridine rings is 1. The van der Waals surface area contributed by atoms with Crippen LogP contribution in [0.1, 0.15) is 12.8 Å². The molecular formula is C11H14FN3. The van der Waals surface area contributed by atoms with Gasteiger partial charge in [0.15, 0.2) is 5.82 Å². The molecule has 3 nitrogen and oxygen atoms in total. The number of nitrogens with zero attached hydrogens (tertiary/aromatic N) is 2. The molecule has 0 aromatic carbocycles. The summed E-state index contributed by atoms with van der Waals surface area (Å²) in [5, 5.41) is 3.39. The second-order valence-electron chi connectivity index (χ2n) is 4.28. The summed E-state index contributed by atoms with van der Waals surface area (Å²) in [7, 11) is 0. The van der Waals surface area contributed by atoms with Crippen LogP contribution in [-0.2, 0) is 0 Å². The van der Waals surface area contributed by atoms with Gasteiger partial charge in [0.05, 0.1) is 11.9 Å². The van der Waals surface area contributed by atoms with Crippen molar-refractivity contribution in [2.24, 2.45) is 0 Å². The number of anilines is 1. The highest BCUT2D eigenvalue weighted by molar-refractivity contribution is 5.50. The average Bonchev–Trinajstić information content (AvgIpc) is 2.50. The van der Waals surface area contributed by atoms with Crippen LogP contribution < -0.4 is 10.2 Å². The standard InChI is InChI=1S/C11H14FN3/c12-10-7-13-4-3-11(10)15-8-1-2-9(15)6-14-5-8/h3-4,7-9,14H,1-2,5-6H2/t8-,9+. The number of nitrogens with one attached hydrogen (secondary N) is 1. The van der Waals surface area contributed by atoms with Crippen molar-refractivity contribution >= 4 is 5.69 Å². The van der Waals surface area contributed by atoms with Gasteiger partial charge in [0.2, 0.25) is 0 Å². The maximum absolute atomic E-state index is 13.6. The van der Waals surface area contributed by atoms with Gasteiger partial charge in [0, 0.05) is 31.4 Å². The zero-order valence-electron chi connectivity index (χ0n) is 8.49. The fourth-order valence-corrected chi connectivity index (χ4v) is 2.75. The smallest absolute Gasteiger partial charge is 0.164 e. The number of aromatic nitrogens is 1. The fourth-order valence-electron chi connectivity index (χ4n) is 2.75. The van der Waals surface area contributed by atoms with Crippen molar-refractivity contribution in [2.45, 2.75) is 24.9 Å². The van der Waals surface area contributed by atoms with Crippen LogP contribution in [0.3, 0.4) is 0 Å². The third-order valence-corrected chi connectivity index (χ3v) is 3.41. The first kappa shape index (κ1) is 9.09. The molecule has 0 unspecified atom stereocenters. The highest BCUT2D eigenvalue weighted by atomic mass is 19.1. The first-order valence-corrected chi connectivity index (χ1v) is 5.45. The van der Waals surface area contributed by atoms with Gasteiger partial charge < -0.3 is 10.2 Å². The van der Waals surface area contributed by atoms with Crippen LogP contribution in [-0.4, -0.2) is 30.2 Å². The molecule has 1 aromatic heterocycles. The largest absolute Gasteiger partial charge is 0.361 e. The van der Waals surface area contributed by atoms with Crippen molar-refractivity contribution in [1.29, 1.82) is 0 Å². The molecule has 2 saturated heterocycles. The van der Waals surface area contributed by atoms with E-state index in [0.717, 1.165) is 18.8 Å². The van der Waals surface area contributed by atoms with Crippen LogP contribution in [0.15, 0.2) is 18.5 Å². The summed E-state index contributed by atoms with van der Waals surface area (Å²) in [5.41, 5.74) is 0.721. The lowest BCUT2D eigenvalue weighted by Gasteiger charge is -2.37. The molecule has 0 aliphatic carbocycles. The zero-order chi connectivity index (χ0) is 10.3. The van der Waals surface area contributed by atoms with Crippen molar-refractivity contribution < 1.29 is 4.39 Å². The number of hydrogen-bond donors (Lipinski definition) is 1. The van der Waals surface area contributed by atoms with E-state index in [1.807, 2.05) is 0 Å². The zero-order valence-corrected chi connectivity index (χ0v) is 8.49. The molecule has 1 N–H and O–H groups in total. The average molecular weight is 207 g/mol. The van der Waals surface area contributed by atoms with Crippen LogP contribution in [0, 0.1) is 5.82 Å². The minimum Gasteiger partial charge on any atom is -0.361 e. The van der Waals surface area contributed by atoms with E-state index in [1.165, 1.54) is 19.0 Å². The second-order valence-corrected chi connectivity index (χ2v) is 4.28. The molecular weight excluding hydrogens is 193 g/mol. The molecule has 2 atom stereocenters. The van der Waals surface area contributed by atoms with Gasteiger partial charge in [-0.15, -0.1) is 0 Å². The Kier molecular flexibility index (Phi) is 2.09. The molecule has 2 aliphatic heterocycles. The number of hydrogen-bond acceptors (Lipinski definition) is 3. The minimum absolute atomic E-state index is 0.198. The van der Waals surface area contributed by atoms with Crippen LogP contribution in [0.5, 0.6) is 0 Å². The molecule has 2 bridgehead atoms.